The van der Waals surface area contributed by atoms with Crippen LogP contribution in [0.1, 0.15) is 66.6 Å². The Morgan fingerprint density at radius 3 is 2.04 bits per heavy atom. The van der Waals surface area contributed by atoms with E-state index in [0.29, 0.717) is 61.9 Å². The summed E-state index contributed by atoms with van der Waals surface area (Å²) in [7, 11) is 5.04. The molecule has 9 nitrogen and oxygen atoms in total. The summed E-state index contributed by atoms with van der Waals surface area (Å²) in [5.74, 6) is 1.72. The number of rotatable bonds is 20. The fourth-order valence-corrected chi connectivity index (χ4v) is 6.84. The molecule has 0 aromatic heterocycles. The molecule has 0 fully saturated rings. The monoisotopic (exact) mass is 732 g/mol. The lowest BCUT2D eigenvalue weighted by molar-refractivity contribution is -0.130. The van der Waals surface area contributed by atoms with Crippen LogP contribution in [0.4, 0.5) is 0 Å². The summed E-state index contributed by atoms with van der Waals surface area (Å²) in [5, 5.41) is 8.73. The first-order valence-electron chi connectivity index (χ1n) is 19.1. The second kappa shape index (κ2) is 19.8. The maximum Gasteiger partial charge on any atom is 0.254 e. The van der Waals surface area contributed by atoms with Crippen LogP contribution < -0.4 is 25.3 Å². The summed E-state index contributed by atoms with van der Waals surface area (Å²) < 4.78 is 17.6. The van der Waals surface area contributed by atoms with Gasteiger partial charge in [-0.15, -0.1) is 0 Å². The van der Waals surface area contributed by atoms with E-state index >= 15 is 0 Å². The maximum atomic E-state index is 13.7. The van der Waals surface area contributed by atoms with Crippen LogP contribution in [0.3, 0.4) is 0 Å². The van der Waals surface area contributed by atoms with E-state index in [2.05, 4.69) is 66.8 Å². The van der Waals surface area contributed by atoms with Gasteiger partial charge in [-0.25, -0.2) is 0 Å². The number of benzene rings is 5. The number of carbonyl (C=O) groups excluding carboxylic acids is 2. The van der Waals surface area contributed by atoms with Gasteiger partial charge >= 0.3 is 0 Å². The Kier molecular flexibility index (Phi) is 14.7. The number of ether oxygens (including phenoxy) is 3. The van der Waals surface area contributed by atoms with Gasteiger partial charge < -0.3 is 35.1 Å². The summed E-state index contributed by atoms with van der Waals surface area (Å²) in [4.78, 5) is 30.2. The first kappa shape index (κ1) is 40.1. The van der Waals surface area contributed by atoms with Crippen LogP contribution in [-0.4, -0.2) is 75.2 Å². The molecule has 1 unspecified atom stereocenters. The molecule has 1 atom stereocenters. The predicted molar refractivity (Wildman–Crippen MR) is 219 cm³/mol. The fraction of sp³-hybridized carbons (Fsp3) is 0.378. The third-order valence-electron chi connectivity index (χ3n) is 10.2. The minimum absolute atomic E-state index is 0.0229. The van der Waals surface area contributed by atoms with E-state index in [-0.39, 0.29) is 17.9 Å². The molecule has 54 heavy (non-hydrogen) atoms. The molecule has 0 heterocycles. The highest BCUT2D eigenvalue weighted by Crippen LogP contribution is 2.36. The molecule has 286 valence electrons. The lowest BCUT2D eigenvalue weighted by Gasteiger charge is -2.30. The van der Waals surface area contributed by atoms with Crippen molar-refractivity contribution in [2.45, 2.75) is 65.1 Å². The summed E-state index contributed by atoms with van der Waals surface area (Å²) in [6.07, 6.45) is 3.75. The van der Waals surface area contributed by atoms with Gasteiger partial charge in [-0.3, -0.25) is 9.59 Å². The van der Waals surface area contributed by atoms with E-state index in [1.165, 1.54) is 27.1 Å². The molecule has 0 aliphatic heterocycles. The lowest BCUT2D eigenvalue weighted by atomic mass is 9.94. The van der Waals surface area contributed by atoms with E-state index in [1.807, 2.05) is 55.3 Å². The van der Waals surface area contributed by atoms with Crippen molar-refractivity contribution in [3.05, 3.63) is 113 Å². The molecule has 5 aromatic rings. The molecule has 0 aliphatic rings. The second-order valence-electron chi connectivity index (χ2n) is 13.8. The average molecular weight is 733 g/mol. The van der Waals surface area contributed by atoms with Crippen molar-refractivity contribution in [1.29, 1.82) is 0 Å². The first-order valence-corrected chi connectivity index (χ1v) is 19.1. The molecule has 9 heteroatoms. The summed E-state index contributed by atoms with van der Waals surface area (Å²) in [6.45, 7) is 7.44. The van der Waals surface area contributed by atoms with E-state index < -0.39 is 0 Å². The number of amides is 2. The quantitative estimate of drug-likeness (QED) is 0.0623. The van der Waals surface area contributed by atoms with Crippen molar-refractivity contribution in [2.24, 2.45) is 5.73 Å². The largest absolute Gasteiger partial charge is 0.496 e. The van der Waals surface area contributed by atoms with Crippen molar-refractivity contribution in [1.82, 2.24) is 15.1 Å². The molecule has 2 amide bonds. The molecule has 5 aromatic carbocycles. The molecule has 0 aliphatic carbocycles. The number of nitrogens with one attached hydrogen (secondary N) is 1. The molecular formula is C45H56N4O5. The smallest absolute Gasteiger partial charge is 0.254 e. The molecule has 0 saturated heterocycles. The molecule has 0 bridgehead atoms. The van der Waals surface area contributed by atoms with Gasteiger partial charge in [0.25, 0.3) is 5.91 Å². The van der Waals surface area contributed by atoms with Crippen molar-refractivity contribution < 1.29 is 23.8 Å². The highest BCUT2D eigenvalue weighted by molar-refractivity contribution is 6.02. The summed E-state index contributed by atoms with van der Waals surface area (Å²) in [6, 6.07) is 30.5. The molecule has 0 radical (unpaired) electrons. The van der Waals surface area contributed by atoms with Gasteiger partial charge in [0.1, 0.15) is 17.2 Å². The topological polar surface area (TPSA) is 106 Å². The number of methoxy groups -OCH3 is 2. The van der Waals surface area contributed by atoms with Gasteiger partial charge in [0.05, 0.1) is 32.9 Å². The Morgan fingerprint density at radius 1 is 0.815 bits per heavy atom. The van der Waals surface area contributed by atoms with Gasteiger partial charge in [0.2, 0.25) is 5.91 Å². The van der Waals surface area contributed by atoms with Gasteiger partial charge in [-0.2, -0.15) is 0 Å². The SMILES string of the molecule is CCC(C)N(Cc1c(OC)cc(OCCCC(=O)N(C)CCNCCCc2c3ccccc3cc3ccccc23)cc1OC)C(=O)c1ccc(CN)cc1. The Balaban J connectivity index is 1.07. The second-order valence-corrected chi connectivity index (χ2v) is 13.8. The highest BCUT2D eigenvalue weighted by atomic mass is 16.5. The number of likely N-dealkylation sites (N-methyl/N-ethyl adjacent to an activating group) is 1. The van der Waals surface area contributed by atoms with E-state index in [4.69, 9.17) is 19.9 Å². The zero-order valence-corrected chi connectivity index (χ0v) is 32.5. The zero-order chi connectivity index (χ0) is 38.5. The van der Waals surface area contributed by atoms with Crippen molar-refractivity contribution >= 4 is 33.4 Å². The first-order chi connectivity index (χ1) is 26.3. The van der Waals surface area contributed by atoms with Crippen LogP contribution in [0.25, 0.3) is 21.5 Å². The van der Waals surface area contributed by atoms with Crippen molar-refractivity contribution in [3.8, 4) is 17.2 Å². The minimum atomic E-state index is -0.0755. The van der Waals surface area contributed by atoms with Gasteiger partial charge in [0, 0.05) is 56.8 Å². The number of nitrogens with zero attached hydrogens (tertiary/aromatic N) is 2. The molecule has 0 spiro atoms. The average Bonchev–Trinajstić information content (AvgIpc) is 3.21. The van der Waals surface area contributed by atoms with Crippen molar-refractivity contribution in [3.63, 3.8) is 0 Å². The standard InChI is InChI=1S/C45H56N4O5/c1-6-32(2)49(45(51)34-21-19-33(30-46)20-22-34)31-41-42(52-4)28-37(29-43(41)53-5)54-26-12-18-44(50)48(3)25-24-47-23-11-17-40-38-15-9-7-13-35(38)27-36-14-8-10-16-39(36)40/h7-10,13-16,19-22,27-29,32,47H,6,11-12,17-18,23-26,30-31,46H2,1-5H3. The number of fused-ring (bicyclic) bond motifs is 2. The number of nitrogens with two attached hydrogens (primary N) is 1. The van der Waals surface area contributed by atoms with E-state index in [0.717, 1.165) is 43.5 Å². The molecule has 3 N–H and O–H groups in total. The number of aryl methyl sites for hydroxylation is 1. The van der Waals surface area contributed by atoms with Crippen molar-refractivity contribution in [2.75, 3.05) is 47.5 Å². The minimum Gasteiger partial charge on any atom is -0.496 e. The van der Waals surface area contributed by atoms with Gasteiger partial charge in [-0.05, 0) is 90.0 Å². The van der Waals surface area contributed by atoms with Crippen LogP contribution in [0.2, 0.25) is 0 Å². The third kappa shape index (κ3) is 10.1. The maximum absolute atomic E-state index is 13.7. The number of hydrogen-bond donors (Lipinski definition) is 2. The highest BCUT2D eigenvalue weighted by Gasteiger charge is 2.25. The van der Waals surface area contributed by atoms with Gasteiger partial charge in [0.15, 0.2) is 0 Å². The molecule has 5 rings (SSSR count). The number of carbonyl (C=O) groups is 2. The van der Waals surface area contributed by atoms with Crippen LogP contribution in [-0.2, 0) is 24.3 Å². The summed E-state index contributed by atoms with van der Waals surface area (Å²) >= 11 is 0. The Labute approximate surface area is 320 Å². The van der Waals surface area contributed by atoms with E-state index in [9.17, 15) is 9.59 Å². The normalized spacial score (nSPS) is 11.7. The Hall–Kier alpha value is -5.12. The fourth-order valence-electron chi connectivity index (χ4n) is 6.84. The van der Waals surface area contributed by atoms with Crippen LogP contribution in [0, 0.1) is 0 Å². The Bertz CT molecular complexity index is 1920. The van der Waals surface area contributed by atoms with Crippen LogP contribution in [0.15, 0.2) is 91.0 Å². The third-order valence-corrected chi connectivity index (χ3v) is 10.2. The molecule has 0 saturated carbocycles. The number of hydrogen-bond acceptors (Lipinski definition) is 7. The van der Waals surface area contributed by atoms with E-state index in [1.54, 1.807) is 19.1 Å². The van der Waals surface area contributed by atoms with Gasteiger partial charge in [-0.1, -0.05) is 67.6 Å². The summed E-state index contributed by atoms with van der Waals surface area (Å²) in [5.41, 5.74) is 9.49. The van der Waals surface area contributed by atoms with Crippen LogP contribution in [0.5, 0.6) is 17.2 Å². The lowest BCUT2D eigenvalue weighted by Crippen LogP contribution is -2.38. The Morgan fingerprint density at radius 2 is 1.44 bits per heavy atom. The predicted octanol–water partition coefficient (Wildman–Crippen LogP) is 7.75. The zero-order valence-electron chi connectivity index (χ0n) is 32.5. The molecular weight excluding hydrogens is 677 g/mol. The van der Waals surface area contributed by atoms with Crippen LogP contribution >= 0.6 is 0 Å².